The van der Waals surface area contributed by atoms with Crippen molar-refractivity contribution in [3.05, 3.63) is 24.2 Å². The summed E-state index contributed by atoms with van der Waals surface area (Å²) in [6, 6.07) is 4.16. The third kappa shape index (κ3) is 4.23. The number of rotatable bonds is 6. The molecule has 1 N–H and O–H groups in total. The molecule has 0 aliphatic heterocycles. The van der Waals surface area contributed by atoms with Gasteiger partial charge in [0, 0.05) is 18.5 Å². The van der Waals surface area contributed by atoms with Gasteiger partial charge in [-0.3, -0.25) is 4.79 Å². The molecule has 1 aromatic heterocycles. The van der Waals surface area contributed by atoms with Crippen molar-refractivity contribution in [1.82, 2.24) is 5.32 Å². The van der Waals surface area contributed by atoms with E-state index in [1.54, 1.807) is 6.26 Å². The van der Waals surface area contributed by atoms with Crippen LogP contribution < -0.4 is 5.32 Å². The van der Waals surface area contributed by atoms with Crippen molar-refractivity contribution < 1.29 is 13.9 Å². The fourth-order valence-corrected chi connectivity index (χ4v) is 1.77. The van der Waals surface area contributed by atoms with Gasteiger partial charge < -0.3 is 14.5 Å². The van der Waals surface area contributed by atoms with Crippen LogP contribution in [-0.4, -0.2) is 25.2 Å². The minimum atomic E-state index is -0.185. The van der Waals surface area contributed by atoms with Crippen molar-refractivity contribution in [1.29, 1.82) is 0 Å². The van der Waals surface area contributed by atoms with Crippen LogP contribution in [0, 0.1) is 5.92 Å². The first kappa shape index (κ1) is 13.8. The summed E-state index contributed by atoms with van der Waals surface area (Å²) in [5, 5.41) is 3.37. The topological polar surface area (TPSA) is 51.5 Å². The van der Waals surface area contributed by atoms with Crippen molar-refractivity contribution >= 4 is 5.97 Å². The smallest absolute Gasteiger partial charge is 0.309 e. The van der Waals surface area contributed by atoms with Gasteiger partial charge in [-0.2, -0.15) is 0 Å². The van der Waals surface area contributed by atoms with Crippen molar-refractivity contribution in [3.8, 4) is 0 Å². The standard InChI is InChI=1S/C13H21NO3/c1-9(8-12-6-5-7-17-12)14-11(3)10(2)13(15)16-4/h5-7,9-11,14H,8H2,1-4H3. The summed E-state index contributed by atoms with van der Waals surface area (Å²) < 4.78 is 10.0. The second-order valence-electron chi connectivity index (χ2n) is 4.45. The summed E-state index contributed by atoms with van der Waals surface area (Å²) in [5.74, 6) is 0.608. The zero-order chi connectivity index (χ0) is 12.8. The van der Waals surface area contributed by atoms with Gasteiger partial charge in [0.25, 0.3) is 0 Å². The van der Waals surface area contributed by atoms with Crippen LogP contribution in [0.25, 0.3) is 0 Å². The van der Waals surface area contributed by atoms with Crippen molar-refractivity contribution in [2.24, 2.45) is 5.92 Å². The Labute approximate surface area is 102 Å². The van der Waals surface area contributed by atoms with Crippen LogP contribution >= 0.6 is 0 Å². The third-order valence-corrected chi connectivity index (χ3v) is 2.96. The predicted molar refractivity (Wildman–Crippen MR) is 65.7 cm³/mol. The molecular formula is C13H21NO3. The normalized spacial score (nSPS) is 16.2. The number of furan rings is 1. The molecule has 0 saturated heterocycles. The zero-order valence-corrected chi connectivity index (χ0v) is 10.9. The molecule has 0 aliphatic rings. The second-order valence-corrected chi connectivity index (χ2v) is 4.45. The average molecular weight is 239 g/mol. The lowest BCUT2D eigenvalue weighted by Crippen LogP contribution is -2.42. The Kier molecular flexibility index (Phi) is 5.22. The number of nitrogens with one attached hydrogen (secondary N) is 1. The summed E-state index contributed by atoms with van der Waals surface area (Å²) in [5.41, 5.74) is 0. The average Bonchev–Trinajstić information content (AvgIpc) is 2.79. The van der Waals surface area contributed by atoms with Crippen LogP contribution in [-0.2, 0) is 16.0 Å². The van der Waals surface area contributed by atoms with Gasteiger partial charge in [0.2, 0.25) is 0 Å². The molecule has 0 radical (unpaired) electrons. The van der Waals surface area contributed by atoms with E-state index in [4.69, 9.17) is 9.15 Å². The van der Waals surface area contributed by atoms with Crippen molar-refractivity contribution in [2.45, 2.75) is 39.3 Å². The Morgan fingerprint density at radius 1 is 1.47 bits per heavy atom. The summed E-state index contributed by atoms with van der Waals surface area (Å²) in [7, 11) is 1.41. The molecule has 3 atom stereocenters. The molecule has 17 heavy (non-hydrogen) atoms. The molecule has 4 nitrogen and oxygen atoms in total. The van der Waals surface area contributed by atoms with E-state index in [1.807, 2.05) is 26.0 Å². The van der Waals surface area contributed by atoms with E-state index in [0.29, 0.717) is 0 Å². The second kappa shape index (κ2) is 6.45. The number of hydrogen-bond acceptors (Lipinski definition) is 4. The quantitative estimate of drug-likeness (QED) is 0.771. The fourth-order valence-electron chi connectivity index (χ4n) is 1.77. The highest BCUT2D eigenvalue weighted by atomic mass is 16.5. The maximum atomic E-state index is 11.4. The van der Waals surface area contributed by atoms with Gasteiger partial charge >= 0.3 is 5.97 Å². The number of esters is 1. The number of carbonyl (C=O) groups excluding carboxylic acids is 1. The molecule has 0 saturated carbocycles. The third-order valence-electron chi connectivity index (χ3n) is 2.96. The van der Waals surface area contributed by atoms with Crippen molar-refractivity contribution in [2.75, 3.05) is 7.11 Å². The van der Waals surface area contributed by atoms with Crippen LogP contribution in [0.3, 0.4) is 0 Å². The number of hydrogen-bond donors (Lipinski definition) is 1. The monoisotopic (exact) mass is 239 g/mol. The largest absolute Gasteiger partial charge is 0.469 e. The summed E-state index contributed by atoms with van der Waals surface area (Å²) >= 11 is 0. The predicted octanol–water partition coefficient (Wildman–Crippen LogP) is 2.00. The number of carbonyl (C=O) groups is 1. The molecule has 0 bridgehead atoms. The minimum Gasteiger partial charge on any atom is -0.469 e. The first-order chi connectivity index (χ1) is 8.04. The van der Waals surface area contributed by atoms with E-state index in [2.05, 4.69) is 12.2 Å². The fraction of sp³-hybridized carbons (Fsp3) is 0.615. The van der Waals surface area contributed by atoms with Crippen LogP contribution in [0.5, 0.6) is 0 Å². The highest BCUT2D eigenvalue weighted by Gasteiger charge is 2.22. The molecule has 1 heterocycles. The molecule has 0 amide bonds. The lowest BCUT2D eigenvalue weighted by Gasteiger charge is -2.23. The van der Waals surface area contributed by atoms with E-state index in [-0.39, 0.29) is 24.0 Å². The van der Waals surface area contributed by atoms with Crippen LogP contribution in [0.1, 0.15) is 26.5 Å². The van der Waals surface area contributed by atoms with Gasteiger partial charge in [-0.1, -0.05) is 6.92 Å². The highest BCUT2D eigenvalue weighted by molar-refractivity contribution is 5.72. The molecule has 3 unspecified atom stereocenters. The lowest BCUT2D eigenvalue weighted by molar-refractivity contribution is -0.145. The molecule has 0 aromatic carbocycles. The maximum absolute atomic E-state index is 11.4. The Balaban J connectivity index is 2.40. The van der Waals surface area contributed by atoms with Gasteiger partial charge in [0.15, 0.2) is 0 Å². The van der Waals surface area contributed by atoms with E-state index in [0.717, 1.165) is 12.2 Å². The first-order valence-corrected chi connectivity index (χ1v) is 5.90. The zero-order valence-electron chi connectivity index (χ0n) is 10.9. The molecule has 1 aromatic rings. The van der Waals surface area contributed by atoms with E-state index < -0.39 is 0 Å². The molecule has 96 valence electrons. The van der Waals surface area contributed by atoms with Gasteiger partial charge in [-0.25, -0.2) is 0 Å². The van der Waals surface area contributed by atoms with Crippen LogP contribution in [0.15, 0.2) is 22.8 Å². The van der Waals surface area contributed by atoms with E-state index in [9.17, 15) is 4.79 Å². The summed E-state index contributed by atoms with van der Waals surface area (Å²) in [6.07, 6.45) is 2.48. The Morgan fingerprint density at radius 2 is 2.18 bits per heavy atom. The number of ether oxygens (including phenoxy) is 1. The molecule has 0 spiro atoms. The Hall–Kier alpha value is -1.29. The molecule has 0 aliphatic carbocycles. The first-order valence-electron chi connectivity index (χ1n) is 5.90. The van der Waals surface area contributed by atoms with Crippen LogP contribution in [0.4, 0.5) is 0 Å². The van der Waals surface area contributed by atoms with E-state index in [1.165, 1.54) is 7.11 Å². The van der Waals surface area contributed by atoms with E-state index >= 15 is 0 Å². The minimum absolute atomic E-state index is 0.0763. The van der Waals surface area contributed by atoms with Gasteiger partial charge in [-0.15, -0.1) is 0 Å². The van der Waals surface area contributed by atoms with Gasteiger partial charge in [0.05, 0.1) is 19.3 Å². The molecular weight excluding hydrogens is 218 g/mol. The summed E-state index contributed by atoms with van der Waals surface area (Å²) in [4.78, 5) is 11.4. The molecule has 4 heteroatoms. The van der Waals surface area contributed by atoms with Gasteiger partial charge in [0.1, 0.15) is 5.76 Å². The summed E-state index contributed by atoms with van der Waals surface area (Å²) in [6.45, 7) is 5.92. The maximum Gasteiger partial charge on any atom is 0.309 e. The number of methoxy groups -OCH3 is 1. The lowest BCUT2D eigenvalue weighted by atomic mass is 10.0. The Bertz CT molecular complexity index is 334. The SMILES string of the molecule is COC(=O)C(C)C(C)NC(C)Cc1ccco1. The van der Waals surface area contributed by atoms with Gasteiger partial charge in [-0.05, 0) is 26.0 Å². The van der Waals surface area contributed by atoms with Crippen LogP contribution in [0.2, 0.25) is 0 Å². The molecule has 0 fully saturated rings. The highest BCUT2D eigenvalue weighted by Crippen LogP contribution is 2.08. The molecule has 1 rings (SSSR count). The Morgan fingerprint density at radius 3 is 2.71 bits per heavy atom. The van der Waals surface area contributed by atoms with Crippen molar-refractivity contribution in [3.63, 3.8) is 0 Å².